The van der Waals surface area contributed by atoms with E-state index in [0.717, 1.165) is 24.9 Å². The number of carbonyl (C=O) groups excluding carboxylic acids is 1. The van der Waals surface area contributed by atoms with E-state index < -0.39 is 10.0 Å². The fraction of sp³-hybridized carbons (Fsp3) is 0.458. The number of fused-ring (bicyclic) bond motifs is 1. The average molecular weight is 427 g/mol. The fourth-order valence-electron chi connectivity index (χ4n) is 4.92. The highest BCUT2D eigenvalue weighted by Gasteiger charge is 2.36. The van der Waals surface area contributed by atoms with Crippen LogP contribution < -0.4 is 4.72 Å². The molecule has 2 aromatic carbocycles. The maximum Gasteiger partial charge on any atom is 0.254 e. The number of piperidine rings is 1. The van der Waals surface area contributed by atoms with Gasteiger partial charge in [-0.1, -0.05) is 49.2 Å². The van der Waals surface area contributed by atoms with Crippen LogP contribution in [0.4, 0.5) is 0 Å². The third kappa shape index (κ3) is 4.44. The summed E-state index contributed by atoms with van der Waals surface area (Å²) in [5.74, 6) is 0.559. The van der Waals surface area contributed by atoms with Crippen molar-refractivity contribution >= 4 is 15.9 Å². The zero-order chi connectivity index (χ0) is 21.1. The van der Waals surface area contributed by atoms with Crippen LogP contribution in [0.5, 0.6) is 0 Å². The summed E-state index contributed by atoms with van der Waals surface area (Å²) in [6.45, 7) is 2.75. The SMILES string of the molecule is Cc1ccc(C(=O)N2CCCC3CCCCC32)cc1S(=O)(=O)NCc1ccccc1. The maximum absolute atomic E-state index is 13.3. The molecule has 1 aliphatic heterocycles. The number of sulfonamides is 1. The van der Waals surface area contributed by atoms with Gasteiger partial charge in [0.1, 0.15) is 0 Å². The molecule has 2 fully saturated rings. The summed E-state index contributed by atoms with van der Waals surface area (Å²) in [5, 5.41) is 0. The van der Waals surface area contributed by atoms with E-state index in [4.69, 9.17) is 0 Å². The molecule has 1 saturated heterocycles. The molecule has 160 valence electrons. The number of nitrogens with zero attached hydrogens (tertiary/aromatic N) is 1. The van der Waals surface area contributed by atoms with Crippen LogP contribution in [0.1, 0.15) is 60.0 Å². The second-order valence-corrected chi connectivity index (χ2v) is 10.3. The number of aryl methyl sites for hydroxylation is 1. The summed E-state index contributed by atoms with van der Waals surface area (Å²) in [6, 6.07) is 14.8. The third-order valence-corrected chi connectivity index (χ3v) is 8.08. The molecule has 6 heteroatoms. The Morgan fingerprint density at radius 3 is 2.57 bits per heavy atom. The third-order valence-electron chi connectivity index (χ3n) is 6.54. The highest BCUT2D eigenvalue weighted by molar-refractivity contribution is 7.89. The molecule has 1 amide bonds. The minimum absolute atomic E-state index is 0.0360. The summed E-state index contributed by atoms with van der Waals surface area (Å²) >= 11 is 0. The van der Waals surface area contributed by atoms with Crippen molar-refractivity contribution < 1.29 is 13.2 Å². The standard InChI is InChI=1S/C24H30N2O3S/c1-18-13-14-21(24(27)26-15-7-11-20-10-5-6-12-22(20)26)16-23(18)30(28,29)25-17-19-8-3-2-4-9-19/h2-4,8-9,13-14,16,20,22,25H,5-7,10-12,15,17H2,1H3. The number of hydrogen-bond donors (Lipinski definition) is 1. The molecule has 1 saturated carbocycles. The van der Waals surface area contributed by atoms with Crippen LogP contribution in [0.3, 0.4) is 0 Å². The van der Waals surface area contributed by atoms with Crippen LogP contribution in [0.2, 0.25) is 0 Å². The van der Waals surface area contributed by atoms with Crippen LogP contribution in [-0.2, 0) is 16.6 Å². The Balaban J connectivity index is 1.55. The van der Waals surface area contributed by atoms with Gasteiger partial charge in [0.05, 0.1) is 4.90 Å². The number of rotatable bonds is 5. The summed E-state index contributed by atoms with van der Waals surface area (Å²) in [5.41, 5.74) is 2.00. The first kappa shape index (κ1) is 21.1. The smallest absolute Gasteiger partial charge is 0.254 e. The Kier molecular flexibility index (Phi) is 6.25. The Hall–Kier alpha value is -2.18. The first-order valence-corrected chi connectivity index (χ1v) is 12.4. The van der Waals surface area contributed by atoms with E-state index in [2.05, 4.69) is 4.72 Å². The molecule has 2 aromatic rings. The van der Waals surface area contributed by atoms with Gasteiger partial charge >= 0.3 is 0 Å². The molecule has 2 unspecified atom stereocenters. The number of hydrogen-bond acceptors (Lipinski definition) is 3. The lowest BCUT2D eigenvalue weighted by Crippen LogP contribution is -2.49. The van der Waals surface area contributed by atoms with Crippen molar-refractivity contribution in [1.82, 2.24) is 9.62 Å². The molecular formula is C24H30N2O3S. The number of carbonyl (C=O) groups is 1. The highest BCUT2D eigenvalue weighted by atomic mass is 32.2. The van der Waals surface area contributed by atoms with Gasteiger partial charge in [0.2, 0.25) is 10.0 Å². The lowest BCUT2D eigenvalue weighted by Gasteiger charge is -2.44. The van der Waals surface area contributed by atoms with Gasteiger partial charge in [0, 0.05) is 24.7 Å². The number of amides is 1. The first-order valence-electron chi connectivity index (χ1n) is 10.9. The predicted octanol–water partition coefficient (Wildman–Crippen LogP) is 4.27. The molecule has 0 aromatic heterocycles. The lowest BCUT2D eigenvalue weighted by molar-refractivity contribution is 0.0390. The maximum atomic E-state index is 13.3. The molecule has 2 atom stereocenters. The molecule has 2 aliphatic rings. The van der Waals surface area contributed by atoms with E-state index in [1.807, 2.05) is 35.2 Å². The average Bonchev–Trinajstić information content (AvgIpc) is 2.78. The molecule has 0 bridgehead atoms. The quantitative estimate of drug-likeness (QED) is 0.776. The van der Waals surface area contributed by atoms with Crippen molar-refractivity contribution in [3.8, 4) is 0 Å². The van der Waals surface area contributed by atoms with Crippen LogP contribution in [0.15, 0.2) is 53.4 Å². The van der Waals surface area contributed by atoms with E-state index in [0.29, 0.717) is 23.1 Å². The molecule has 5 nitrogen and oxygen atoms in total. The number of nitrogens with one attached hydrogen (secondary N) is 1. The van der Waals surface area contributed by atoms with E-state index >= 15 is 0 Å². The molecule has 1 aliphatic carbocycles. The molecule has 30 heavy (non-hydrogen) atoms. The van der Waals surface area contributed by atoms with Crippen molar-refractivity contribution in [3.05, 3.63) is 65.2 Å². The van der Waals surface area contributed by atoms with Gasteiger partial charge < -0.3 is 4.90 Å². The van der Waals surface area contributed by atoms with Crippen molar-refractivity contribution in [2.24, 2.45) is 5.92 Å². The normalized spacial score (nSPS) is 21.8. The molecule has 0 spiro atoms. The Labute approximate surface area is 179 Å². The van der Waals surface area contributed by atoms with E-state index in [-0.39, 0.29) is 17.3 Å². The van der Waals surface area contributed by atoms with Gasteiger partial charge in [-0.15, -0.1) is 0 Å². The second-order valence-electron chi connectivity index (χ2n) is 8.54. The Bertz CT molecular complexity index is 1000. The minimum Gasteiger partial charge on any atom is -0.335 e. The van der Waals surface area contributed by atoms with E-state index in [1.54, 1.807) is 25.1 Å². The Morgan fingerprint density at radius 1 is 1.03 bits per heavy atom. The monoisotopic (exact) mass is 426 g/mol. The molecule has 1 heterocycles. The molecular weight excluding hydrogens is 396 g/mol. The Morgan fingerprint density at radius 2 is 1.77 bits per heavy atom. The second kappa shape index (κ2) is 8.90. The number of benzene rings is 2. The topological polar surface area (TPSA) is 66.5 Å². The van der Waals surface area contributed by atoms with Gasteiger partial charge in [-0.3, -0.25) is 4.79 Å². The summed E-state index contributed by atoms with van der Waals surface area (Å²) in [4.78, 5) is 15.5. The van der Waals surface area contributed by atoms with Gasteiger partial charge in [0.15, 0.2) is 0 Å². The first-order chi connectivity index (χ1) is 14.5. The van der Waals surface area contributed by atoms with E-state index in [9.17, 15) is 13.2 Å². The summed E-state index contributed by atoms with van der Waals surface area (Å²) in [6.07, 6.45) is 6.91. The molecule has 0 radical (unpaired) electrons. The zero-order valence-corrected chi connectivity index (χ0v) is 18.3. The summed E-state index contributed by atoms with van der Waals surface area (Å²) in [7, 11) is -3.72. The molecule has 4 rings (SSSR count). The van der Waals surface area contributed by atoms with E-state index in [1.165, 1.54) is 25.7 Å². The zero-order valence-electron chi connectivity index (χ0n) is 17.5. The van der Waals surface area contributed by atoms with Gasteiger partial charge in [-0.05, 0) is 61.8 Å². The number of likely N-dealkylation sites (tertiary alicyclic amines) is 1. The van der Waals surface area contributed by atoms with Crippen LogP contribution in [0, 0.1) is 12.8 Å². The minimum atomic E-state index is -3.72. The highest BCUT2D eigenvalue weighted by Crippen LogP contribution is 2.36. The van der Waals surface area contributed by atoms with Crippen molar-refractivity contribution in [2.45, 2.75) is 62.9 Å². The van der Waals surface area contributed by atoms with Crippen LogP contribution >= 0.6 is 0 Å². The van der Waals surface area contributed by atoms with Gasteiger partial charge in [-0.2, -0.15) is 0 Å². The lowest BCUT2D eigenvalue weighted by atomic mass is 9.78. The van der Waals surface area contributed by atoms with Crippen molar-refractivity contribution in [1.29, 1.82) is 0 Å². The molecule has 1 N–H and O–H groups in total. The van der Waals surface area contributed by atoms with Crippen molar-refractivity contribution in [2.75, 3.05) is 6.54 Å². The predicted molar refractivity (Wildman–Crippen MR) is 118 cm³/mol. The summed E-state index contributed by atoms with van der Waals surface area (Å²) < 4.78 is 28.6. The van der Waals surface area contributed by atoms with Crippen LogP contribution in [0.25, 0.3) is 0 Å². The van der Waals surface area contributed by atoms with Gasteiger partial charge in [-0.25, -0.2) is 13.1 Å². The van der Waals surface area contributed by atoms with Crippen molar-refractivity contribution in [3.63, 3.8) is 0 Å². The largest absolute Gasteiger partial charge is 0.335 e. The van der Waals surface area contributed by atoms with Gasteiger partial charge in [0.25, 0.3) is 5.91 Å². The van der Waals surface area contributed by atoms with Crippen LogP contribution in [-0.4, -0.2) is 31.8 Å². The fourth-order valence-corrected chi connectivity index (χ4v) is 6.20.